The summed E-state index contributed by atoms with van der Waals surface area (Å²) in [5.41, 5.74) is 3.93. The van der Waals surface area contributed by atoms with Crippen molar-refractivity contribution in [3.8, 4) is 0 Å². The molecule has 1 unspecified atom stereocenters. The van der Waals surface area contributed by atoms with Crippen LogP contribution in [0.1, 0.15) is 56.2 Å². The van der Waals surface area contributed by atoms with Crippen LogP contribution in [0.2, 0.25) is 0 Å². The molecule has 1 fully saturated rings. The smallest absolute Gasteiger partial charge is 0.410 e. The number of ether oxygens (including phenoxy) is 1. The lowest BCUT2D eigenvalue weighted by Crippen LogP contribution is -2.39. The standard InChI is InChI=1S/C23H34N2O3S/c1-18(2)28-23(26)24-13-10-19(11-14-24)6-4-5-7-20-8-9-22-17-25(29(3)27)15-12-21(22)16-20/h5,7-9,16,18-19H,4,6,10-15,17H2,1-3H3/b7-5+. The fraction of sp³-hybridized carbons (Fsp3) is 0.609. The first kappa shape index (κ1) is 22.0. The summed E-state index contributed by atoms with van der Waals surface area (Å²) in [6.07, 6.45) is 11.4. The molecule has 0 saturated carbocycles. The summed E-state index contributed by atoms with van der Waals surface area (Å²) in [5.74, 6) is 0.687. The second-order valence-corrected chi connectivity index (χ2v) is 9.77. The highest BCUT2D eigenvalue weighted by atomic mass is 32.2. The van der Waals surface area contributed by atoms with E-state index in [1.165, 1.54) is 23.1 Å². The lowest BCUT2D eigenvalue weighted by Gasteiger charge is -2.31. The van der Waals surface area contributed by atoms with Crippen LogP contribution in [0.5, 0.6) is 0 Å². The Kier molecular flexibility index (Phi) is 7.90. The molecule has 5 nitrogen and oxygen atoms in total. The average Bonchev–Trinajstić information content (AvgIpc) is 2.70. The molecule has 1 aromatic carbocycles. The highest BCUT2D eigenvalue weighted by molar-refractivity contribution is 7.81. The van der Waals surface area contributed by atoms with Gasteiger partial charge in [0.2, 0.25) is 0 Å². The van der Waals surface area contributed by atoms with Crippen LogP contribution in [-0.2, 0) is 28.7 Å². The summed E-state index contributed by atoms with van der Waals surface area (Å²) >= 11 is 0. The SMILES string of the molecule is CC(C)OC(=O)N1CCC(CC/C=C/c2ccc3c(c2)CCN(S(C)=O)C3)CC1. The molecular formula is C23H34N2O3S. The Labute approximate surface area is 177 Å². The molecule has 3 rings (SSSR count). The Hall–Kier alpha value is -1.66. The van der Waals surface area contributed by atoms with Crippen molar-refractivity contribution in [2.45, 2.75) is 58.6 Å². The third-order valence-electron chi connectivity index (χ3n) is 5.83. The Bertz CT molecular complexity index is 754. The molecule has 160 valence electrons. The first-order valence-electron chi connectivity index (χ1n) is 10.7. The molecule has 0 bridgehead atoms. The number of carbonyl (C=O) groups excluding carboxylic acids is 1. The number of likely N-dealkylation sites (tertiary alicyclic amines) is 1. The molecule has 2 aliphatic heterocycles. The second kappa shape index (κ2) is 10.4. The van der Waals surface area contributed by atoms with Crippen LogP contribution >= 0.6 is 0 Å². The van der Waals surface area contributed by atoms with E-state index in [0.717, 1.165) is 51.9 Å². The molecule has 6 heteroatoms. The lowest BCUT2D eigenvalue weighted by atomic mass is 9.92. The van der Waals surface area contributed by atoms with Crippen LogP contribution in [0.3, 0.4) is 0 Å². The van der Waals surface area contributed by atoms with Crippen LogP contribution in [0.4, 0.5) is 4.79 Å². The number of allylic oxidation sites excluding steroid dienone is 1. The van der Waals surface area contributed by atoms with Crippen LogP contribution in [-0.4, -0.2) is 51.5 Å². The third kappa shape index (κ3) is 6.41. The zero-order valence-electron chi connectivity index (χ0n) is 17.9. The molecule has 29 heavy (non-hydrogen) atoms. The molecule has 1 saturated heterocycles. The zero-order chi connectivity index (χ0) is 20.8. The maximum atomic E-state index is 12.0. The summed E-state index contributed by atoms with van der Waals surface area (Å²) in [6, 6.07) is 6.62. The fourth-order valence-corrected chi connectivity index (χ4v) is 4.77. The average molecular weight is 419 g/mol. The molecule has 0 N–H and O–H groups in total. The van der Waals surface area contributed by atoms with E-state index < -0.39 is 11.0 Å². The van der Waals surface area contributed by atoms with Crippen molar-refractivity contribution < 1.29 is 13.7 Å². The van der Waals surface area contributed by atoms with Crippen LogP contribution in [0.15, 0.2) is 24.3 Å². The van der Waals surface area contributed by atoms with Crippen LogP contribution in [0, 0.1) is 5.92 Å². The predicted octanol–water partition coefficient (Wildman–Crippen LogP) is 4.39. The van der Waals surface area contributed by atoms with Crippen molar-refractivity contribution in [3.63, 3.8) is 0 Å². The number of piperidine rings is 1. The Morgan fingerprint density at radius 2 is 2.00 bits per heavy atom. The highest BCUT2D eigenvalue weighted by Gasteiger charge is 2.23. The third-order valence-corrected chi connectivity index (χ3v) is 6.87. The molecule has 2 heterocycles. The number of amides is 1. The number of nitrogens with zero attached hydrogens (tertiary/aromatic N) is 2. The Balaban J connectivity index is 1.41. The summed E-state index contributed by atoms with van der Waals surface area (Å²) in [6.45, 7) is 7.05. The number of benzene rings is 1. The van der Waals surface area contributed by atoms with Gasteiger partial charge in [0.1, 0.15) is 0 Å². The van der Waals surface area contributed by atoms with Gasteiger partial charge in [-0.3, -0.25) is 0 Å². The first-order chi connectivity index (χ1) is 13.9. The molecule has 0 spiro atoms. The van der Waals surface area contributed by atoms with Gasteiger partial charge in [-0.15, -0.1) is 0 Å². The van der Waals surface area contributed by atoms with Crippen molar-refractivity contribution in [1.29, 1.82) is 0 Å². The first-order valence-corrected chi connectivity index (χ1v) is 12.3. The van der Waals surface area contributed by atoms with Crippen LogP contribution in [0.25, 0.3) is 6.08 Å². The number of rotatable bonds is 6. The minimum atomic E-state index is -0.891. The minimum absolute atomic E-state index is 0.0523. The minimum Gasteiger partial charge on any atom is -0.447 e. The van der Waals surface area contributed by atoms with E-state index in [2.05, 4.69) is 30.4 Å². The maximum absolute atomic E-state index is 12.0. The topological polar surface area (TPSA) is 49.9 Å². The zero-order valence-corrected chi connectivity index (χ0v) is 18.7. The lowest BCUT2D eigenvalue weighted by molar-refractivity contribution is 0.0649. The molecular weight excluding hydrogens is 384 g/mol. The molecule has 0 aliphatic carbocycles. The van der Waals surface area contributed by atoms with E-state index >= 15 is 0 Å². The largest absolute Gasteiger partial charge is 0.447 e. The molecule has 1 atom stereocenters. The van der Waals surface area contributed by atoms with Gasteiger partial charge in [-0.2, -0.15) is 0 Å². The summed E-state index contributed by atoms with van der Waals surface area (Å²) in [7, 11) is -0.891. The van der Waals surface area contributed by atoms with E-state index in [0.29, 0.717) is 5.92 Å². The van der Waals surface area contributed by atoms with E-state index in [4.69, 9.17) is 4.74 Å². The molecule has 2 aliphatic rings. The molecule has 1 amide bonds. The van der Waals surface area contributed by atoms with Gasteiger partial charge >= 0.3 is 6.09 Å². The van der Waals surface area contributed by atoms with Gasteiger partial charge in [0.05, 0.1) is 17.1 Å². The van der Waals surface area contributed by atoms with Gasteiger partial charge in [-0.1, -0.05) is 30.4 Å². The second-order valence-electron chi connectivity index (χ2n) is 8.41. The van der Waals surface area contributed by atoms with Gasteiger partial charge < -0.3 is 9.64 Å². The number of carbonyl (C=O) groups is 1. The van der Waals surface area contributed by atoms with Crippen molar-refractivity contribution >= 4 is 23.2 Å². The number of fused-ring (bicyclic) bond motifs is 1. The number of hydrogen-bond donors (Lipinski definition) is 0. The van der Waals surface area contributed by atoms with Gasteiger partial charge in [-0.05, 0) is 68.6 Å². The van der Waals surface area contributed by atoms with Crippen molar-refractivity contribution in [1.82, 2.24) is 9.21 Å². The van der Waals surface area contributed by atoms with Crippen molar-refractivity contribution in [2.75, 3.05) is 25.9 Å². The van der Waals surface area contributed by atoms with Crippen molar-refractivity contribution in [3.05, 3.63) is 41.0 Å². The monoisotopic (exact) mass is 418 g/mol. The van der Waals surface area contributed by atoms with Gasteiger partial charge in [0.25, 0.3) is 0 Å². The summed E-state index contributed by atoms with van der Waals surface area (Å²) in [4.78, 5) is 13.8. The predicted molar refractivity (Wildman–Crippen MR) is 119 cm³/mol. The summed E-state index contributed by atoms with van der Waals surface area (Å²) in [5, 5.41) is 0. The van der Waals surface area contributed by atoms with Crippen LogP contribution < -0.4 is 0 Å². The van der Waals surface area contributed by atoms with E-state index in [1.54, 1.807) is 6.26 Å². The van der Waals surface area contributed by atoms with Crippen molar-refractivity contribution in [2.24, 2.45) is 5.92 Å². The maximum Gasteiger partial charge on any atom is 0.410 e. The molecule has 0 radical (unpaired) electrons. The normalized spacial score (nSPS) is 19.5. The fourth-order valence-electron chi connectivity index (χ4n) is 4.10. The number of hydrogen-bond acceptors (Lipinski definition) is 3. The highest BCUT2D eigenvalue weighted by Crippen LogP contribution is 2.24. The van der Waals surface area contributed by atoms with Gasteiger partial charge in [0, 0.05) is 32.4 Å². The Morgan fingerprint density at radius 3 is 2.69 bits per heavy atom. The quantitative estimate of drug-likeness (QED) is 0.688. The van der Waals surface area contributed by atoms with E-state index in [-0.39, 0.29) is 12.2 Å². The van der Waals surface area contributed by atoms with Gasteiger partial charge in [-0.25, -0.2) is 13.3 Å². The van der Waals surface area contributed by atoms with Gasteiger partial charge in [0.15, 0.2) is 0 Å². The summed E-state index contributed by atoms with van der Waals surface area (Å²) < 4.78 is 19.0. The molecule has 1 aromatic rings. The van der Waals surface area contributed by atoms with E-state index in [9.17, 15) is 9.00 Å². The Morgan fingerprint density at radius 1 is 1.24 bits per heavy atom. The van der Waals surface area contributed by atoms with E-state index in [1.807, 2.05) is 23.1 Å². The molecule has 0 aromatic heterocycles.